The summed E-state index contributed by atoms with van der Waals surface area (Å²) in [6.07, 6.45) is 0. The number of halogens is 1. The molecule has 0 saturated carbocycles. The van der Waals surface area contributed by atoms with Crippen LogP contribution in [0.2, 0.25) is 0 Å². The second-order valence-corrected chi connectivity index (χ2v) is 10.0. The Hall–Kier alpha value is -1.70. The van der Waals surface area contributed by atoms with Crippen LogP contribution in [0.25, 0.3) is 0 Å². The summed E-state index contributed by atoms with van der Waals surface area (Å²) in [6.45, 7) is 6.23. The number of carbonyl (C=O) groups excluding carboxylic acids is 1. The molecule has 0 aromatic heterocycles. The Morgan fingerprint density at radius 3 is 2.15 bits per heavy atom. The lowest BCUT2D eigenvalue weighted by atomic mass is 10.1. The molecule has 0 saturated heterocycles. The van der Waals surface area contributed by atoms with Crippen LogP contribution in [0.15, 0.2) is 57.9 Å². The zero-order valence-corrected chi connectivity index (χ0v) is 18.1. The molecule has 0 heterocycles. The fraction of sp³-hybridized carbons (Fsp3) is 0.350. The lowest BCUT2D eigenvalue weighted by Gasteiger charge is -2.24. The summed E-state index contributed by atoms with van der Waals surface area (Å²) >= 11 is 3.28. The average Bonchev–Trinajstić information content (AvgIpc) is 2.65. The van der Waals surface area contributed by atoms with Crippen molar-refractivity contribution in [3.63, 3.8) is 0 Å². The molecule has 1 N–H and O–H groups in total. The van der Waals surface area contributed by atoms with Crippen LogP contribution >= 0.6 is 15.9 Å². The molecular formula is C20H24BrNO4S. The smallest absolute Gasteiger partial charge is 0.241 e. The first-order chi connectivity index (χ1) is 12.7. The van der Waals surface area contributed by atoms with E-state index in [0.29, 0.717) is 13.2 Å². The summed E-state index contributed by atoms with van der Waals surface area (Å²) in [7, 11) is -3.83. The predicted molar refractivity (Wildman–Crippen MR) is 109 cm³/mol. The molecule has 27 heavy (non-hydrogen) atoms. The minimum atomic E-state index is -3.83. The molecule has 2 aromatic carbocycles. The molecule has 1 amide bonds. The van der Waals surface area contributed by atoms with Crippen LogP contribution < -0.4 is 5.32 Å². The maximum atomic E-state index is 12.9. The topological polar surface area (TPSA) is 72.5 Å². The number of carbonyl (C=O) groups is 1. The van der Waals surface area contributed by atoms with E-state index in [9.17, 15) is 13.2 Å². The lowest BCUT2D eigenvalue weighted by molar-refractivity contribution is -0.123. The third-order valence-corrected chi connectivity index (χ3v) is 7.24. The van der Waals surface area contributed by atoms with Crippen molar-refractivity contribution in [1.82, 2.24) is 5.32 Å². The van der Waals surface area contributed by atoms with Crippen LogP contribution in [-0.2, 0) is 32.5 Å². The quantitative estimate of drug-likeness (QED) is 0.658. The van der Waals surface area contributed by atoms with E-state index < -0.39 is 20.5 Å². The second kappa shape index (κ2) is 8.99. The predicted octanol–water partition coefficient (Wildman–Crippen LogP) is 3.85. The van der Waals surface area contributed by atoms with Crippen molar-refractivity contribution in [3.05, 3.63) is 64.1 Å². The van der Waals surface area contributed by atoms with Crippen molar-refractivity contribution in [1.29, 1.82) is 0 Å². The number of hydrogen-bond donors (Lipinski definition) is 1. The van der Waals surface area contributed by atoms with E-state index in [4.69, 9.17) is 4.74 Å². The SMILES string of the molecule is CCOCc1ccc(CNC(=O)C(C)(C)S(=O)(=O)c2ccc(Br)cc2)cc1. The van der Waals surface area contributed by atoms with Crippen LogP contribution in [0.1, 0.15) is 31.9 Å². The maximum absolute atomic E-state index is 12.9. The molecule has 2 aromatic rings. The van der Waals surface area contributed by atoms with Gasteiger partial charge in [0.1, 0.15) is 4.75 Å². The van der Waals surface area contributed by atoms with Crippen molar-refractivity contribution in [2.75, 3.05) is 6.61 Å². The number of hydrogen-bond acceptors (Lipinski definition) is 4. The van der Waals surface area contributed by atoms with Crippen LogP contribution in [0.3, 0.4) is 0 Å². The van der Waals surface area contributed by atoms with E-state index in [1.807, 2.05) is 31.2 Å². The van der Waals surface area contributed by atoms with Gasteiger partial charge in [-0.05, 0) is 56.2 Å². The number of nitrogens with one attached hydrogen (secondary N) is 1. The Bertz CT molecular complexity index is 875. The molecule has 146 valence electrons. The first-order valence-corrected chi connectivity index (χ1v) is 10.9. The van der Waals surface area contributed by atoms with E-state index in [-0.39, 0.29) is 11.4 Å². The van der Waals surface area contributed by atoms with E-state index >= 15 is 0 Å². The number of amides is 1. The van der Waals surface area contributed by atoms with Crippen LogP contribution in [0, 0.1) is 0 Å². The van der Waals surface area contributed by atoms with E-state index in [1.165, 1.54) is 26.0 Å². The van der Waals surface area contributed by atoms with Crippen LogP contribution in [0.5, 0.6) is 0 Å². The molecular weight excluding hydrogens is 430 g/mol. The number of sulfone groups is 1. The van der Waals surface area contributed by atoms with Crippen LogP contribution in [0.4, 0.5) is 0 Å². The van der Waals surface area contributed by atoms with E-state index in [2.05, 4.69) is 21.2 Å². The minimum absolute atomic E-state index is 0.117. The van der Waals surface area contributed by atoms with Crippen molar-refractivity contribution in [2.24, 2.45) is 0 Å². The summed E-state index contributed by atoms with van der Waals surface area (Å²) in [6, 6.07) is 13.9. The highest BCUT2D eigenvalue weighted by molar-refractivity contribution is 9.10. The van der Waals surface area contributed by atoms with Gasteiger partial charge in [-0.25, -0.2) is 8.42 Å². The normalized spacial score (nSPS) is 12.0. The molecule has 0 unspecified atom stereocenters. The first kappa shape index (κ1) is 21.6. The molecule has 0 radical (unpaired) electrons. The highest BCUT2D eigenvalue weighted by atomic mass is 79.9. The number of ether oxygens (including phenoxy) is 1. The van der Waals surface area contributed by atoms with Crippen LogP contribution in [-0.4, -0.2) is 25.7 Å². The molecule has 0 spiro atoms. The summed E-state index contributed by atoms with van der Waals surface area (Å²) in [4.78, 5) is 12.7. The Morgan fingerprint density at radius 1 is 1.04 bits per heavy atom. The lowest BCUT2D eigenvalue weighted by Crippen LogP contribution is -2.47. The standard InChI is InChI=1S/C20H24BrNO4S/c1-4-26-14-16-7-5-15(6-8-16)13-22-19(23)20(2,3)27(24,25)18-11-9-17(21)10-12-18/h5-12H,4,13-14H2,1-3H3,(H,22,23). The summed E-state index contributed by atoms with van der Waals surface area (Å²) < 4.78 is 30.3. The summed E-state index contributed by atoms with van der Waals surface area (Å²) in [5, 5.41) is 2.73. The van der Waals surface area contributed by atoms with Gasteiger partial charge >= 0.3 is 0 Å². The monoisotopic (exact) mass is 453 g/mol. The van der Waals surface area contributed by atoms with Gasteiger partial charge in [-0.3, -0.25) is 4.79 Å². The fourth-order valence-electron chi connectivity index (χ4n) is 2.40. The largest absolute Gasteiger partial charge is 0.377 e. The third-order valence-electron chi connectivity index (χ3n) is 4.29. The number of rotatable bonds is 8. The highest BCUT2D eigenvalue weighted by Gasteiger charge is 2.42. The Morgan fingerprint density at radius 2 is 1.59 bits per heavy atom. The summed E-state index contributed by atoms with van der Waals surface area (Å²) in [5.41, 5.74) is 1.94. The van der Waals surface area contributed by atoms with Crippen molar-refractivity contribution in [2.45, 2.75) is 43.6 Å². The molecule has 0 bridgehead atoms. The van der Waals surface area contributed by atoms with Gasteiger partial charge < -0.3 is 10.1 Å². The molecule has 0 aliphatic heterocycles. The first-order valence-electron chi connectivity index (χ1n) is 8.62. The molecule has 7 heteroatoms. The van der Waals surface area contributed by atoms with Gasteiger partial charge in [-0.15, -0.1) is 0 Å². The molecule has 0 atom stereocenters. The van der Waals surface area contributed by atoms with Crippen molar-refractivity contribution < 1.29 is 17.9 Å². The zero-order valence-electron chi connectivity index (χ0n) is 15.7. The third kappa shape index (κ3) is 5.18. The maximum Gasteiger partial charge on any atom is 0.241 e. The number of benzene rings is 2. The molecule has 0 aliphatic carbocycles. The molecule has 2 rings (SSSR count). The highest BCUT2D eigenvalue weighted by Crippen LogP contribution is 2.27. The summed E-state index contributed by atoms with van der Waals surface area (Å²) in [5.74, 6) is -0.538. The van der Waals surface area contributed by atoms with Gasteiger partial charge in [-0.2, -0.15) is 0 Å². The van der Waals surface area contributed by atoms with Gasteiger partial charge in [0.05, 0.1) is 11.5 Å². The van der Waals surface area contributed by atoms with Gasteiger partial charge in [0.2, 0.25) is 5.91 Å². The Kier molecular flexibility index (Phi) is 7.19. The molecule has 0 fully saturated rings. The minimum Gasteiger partial charge on any atom is -0.377 e. The average molecular weight is 454 g/mol. The van der Waals surface area contributed by atoms with E-state index in [1.54, 1.807) is 12.1 Å². The van der Waals surface area contributed by atoms with Gasteiger partial charge in [0, 0.05) is 17.6 Å². The Labute approximate surface area is 169 Å². The zero-order chi connectivity index (χ0) is 20.1. The Balaban J connectivity index is 2.06. The fourth-order valence-corrected chi connectivity index (χ4v) is 4.06. The molecule has 0 aliphatic rings. The van der Waals surface area contributed by atoms with E-state index in [0.717, 1.165) is 15.6 Å². The van der Waals surface area contributed by atoms with Gasteiger partial charge in [0.15, 0.2) is 9.84 Å². The van der Waals surface area contributed by atoms with Crippen molar-refractivity contribution >= 4 is 31.7 Å². The van der Waals surface area contributed by atoms with Crippen molar-refractivity contribution in [3.8, 4) is 0 Å². The molecule has 5 nitrogen and oxygen atoms in total. The second-order valence-electron chi connectivity index (χ2n) is 6.60. The van der Waals surface area contributed by atoms with Gasteiger partial charge in [-0.1, -0.05) is 40.2 Å². The van der Waals surface area contributed by atoms with Gasteiger partial charge in [0.25, 0.3) is 0 Å².